The van der Waals surface area contributed by atoms with Crippen LogP contribution < -0.4 is 10.1 Å². The van der Waals surface area contributed by atoms with Gasteiger partial charge in [0.05, 0.1) is 0 Å². The van der Waals surface area contributed by atoms with E-state index in [0.717, 1.165) is 34.6 Å². The summed E-state index contributed by atoms with van der Waals surface area (Å²) in [7, 11) is 0. The molecule has 0 spiro atoms. The first kappa shape index (κ1) is 19.9. The van der Waals surface area contributed by atoms with Crippen LogP contribution >= 0.6 is 11.3 Å². The number of nitrogens with zero attached hydrogens (tertiary/aromatic N) is 3. The number of ketones is 1. The Morgan fingerprint density at radius 3 is 2.82 bits per heavy atom. The molecule has 0 saturated carbocycles. The Hall–Kier alpha value is -3.71. The second kappa shape index (κ2) is 8.33. The van der Waals surface area contributed by atoms with Gasteiger partial charge in [-0.15, -0.1) is 11.3 Å². The number of anilines is 1. The predicted molar refractivity (Wildman–Crippen MR) is 127 cm³/mol. The average Bonchev–Trinajstić information content (AvgIpc) is 3.54. The Labute approximate surface area is 195 Å². The molecule has 2 aromatic carbocycles. The van der Waals surface area contributed by atoms with Crippen LogP contribution in [0.4, 0.5) is 5.95 Å². The lowest BCUT2D eigenvalue weighted by Crippen LogP contribution is -2.33. The molecule has 1 aliphatic heterocycles. The minimum atomic E-state index is -0.323. The molecule has 6 rings (SSSR count). The first-order valence-corrected chi connectivity index (χ1v) is 11.9. The lowest BCUT2D eigenvalue weighted by Gasteiger charge is -2.34. The van der Waals surface area contributed by atoms with Crippen LogP contribution in [0.1, 0.15) is 40.8 Å². The molecule has 0 amide bonds. The van der Waals surface area contributed by atoms with Crippen LogP contribution in [0.25, 0.3) is 0 Å². The maximum atomic E-state index is 13.5. The molecule has 2 atom stereocenters. The van der Waals surface area contributed by atoms with Gasteiger partial charge in [-0.05, 0) is 41.1 Å². The smallest absolute Gasteiger partial charge is 0.226 e. The van der Waals surface area contributed by atoms with E-state index in [1.165, 1.54) is 11.2 Å². The van der Waals surface area contributed by atoms with Gasteiger partial charge >= 0.3 is 0 Å². The van der Waals surface area contributed by atoms with E-state index in [4.69, 9.17) is 4.74 Å². The fourth-order valence-corrected chi connectivity index (χ4v) is 5.53. The SMILES string of the molecule is O=C1C[C@H](c2cccs2)CC2=C1[C@@H](c1cccc(OCc3ccccc3)c1)n1ncnc1N2. The summed E-state index contributed by atoms with van der Waals surface area (Å²) in [6.45, 7) is 0.487. The van der Waals surface area contributed by atoms with E-state index < -0.39 is 0 Å². The molecule has 3 heterocycles. The van der Waals surface area contributed by atoms with Crippen LogP contribution in [0.2, 0.25) is 0 Å². The topological polar surface area (TPSA) is 69.0 Å². The summed E-state index contributed by atoms with van der Waals surface area (Å²) >= 11 is 1.71. The van der Waals surface area contributed by atoms with Crippen LogP contribution in [0.15, 0.2) is 89.7 Å². The third-order valence-electron chi connectivity index (χ3n) is 6.23. The van der Waals surface area contributed by atoms with Crippen LogP contribution in [-0.2, 0) is 11.4 Å². The third-order valence-corrected chi connectivity index (χ3v) is 7.26. The number of carbonyl (C=O) groups is 1. The number of hydrogen-bond acceptors (Lipinski definition) is 6. The molecule has 2 aliphatic rings. The first-order chi connectivity index (χ1) is 16.3. The summed E-state index contributed by atoms with van der Waals surface area (Å²) in [4.78, 5) is 19.1. The van der Waals surface area contributed by atoms with Crippen molar-refractivity contribution in [2.24, 2.45) is 0 Å². The Bertz CT molecular complexity index is 1330. The normalized spacial score (nSPS) is 19.6. The van der Waals surface area contributed by atoms with Crippen molar-refractivity contribution < 1.29 is 9.53 Å². The van der Waals surface area contributed by atoms with E-state index in [0.29, 0.717) is 19.0 Å². The van der Waals surface area contributed by atoms with Crippen molar-refractivity contribution in [1.29, 1.82) is 0 Å². The van der Waals surface area contributed by atoms with Crippen molar-refractivity contribution in [3.05, 3.63) is 106 Å². The van der Waals surface area contributed by atoms with Gasteiger partial charge in [0.1, 0.15) is 24.7 Å². The zero-order chi connectivity index (χ0) is 22.2. The van der Waals surface area contributed by atoms with Crippen molar-refractivity contribution >= 4 is 23.1 Å². The molecule has 1 aliphatic carbocycles. The second-order valence-electron chi connectivity index (χ2n) is 8.34. The molecule has 0 unspecified atom stereocenters. The van der Waals surface area contributed by atoms with Crippen molar-refractivity contribution in [2.75, 3.05) is 5.32 Å². The number of rotatable bonds is 5. The van der Waals surface area contributed by atoms with Crippen LogP contribution in [0, 0.1) is 0 Å². The molecule has 0 fully saturated rings. The summed E-state index contributed by atoms with van der Waals surface area (Å²) in [5, 5.41) is 9.90. The number of benzene rings is 2. The molecule has 164 valence electrons. The monoisotopic (exact) mass is 454 g/mol. The molecule has 33 heavy (non-hydrogen) atoms. The summed E-state index contributed by atoms with van der Waals surface area (Å²) in [6, 6.07) is 21.9. The van der Waals surface area contributed by atoms with Gasteiger partial charge in [0, 0.05) is 28.5 Å². The number of thiophene rings is 1. The summed E-state index contributed by atoms with van der Waals surface area (Å²) < 4.78 is 7.87. The quantitative estimate of drug-likeness (QED) is 0.441. The number of hydrogen-bond donors (Lipinski definition) is 1. The second-order valence-corrected chi connectivity index (χ2v) is 9.32. The standard InChI is InChI=1S/C26H22N4O2S/c31-22-14-19(23-10-5-11-33-23)13-21-24(22)25(30-26(29-21)27-16-28-30)18-8-4-9-20(12-18)32-15-17-6-2-1-3-7-17/h1-12,16,19,25H,13-15H2,(H,27,28,29)/t19-,25-/m1/s1. The number of fused-ring (bicyclic) bond motifs is 1. The van der Waals surface area contributed by atoms with E-state index in [1.54, 1.807) is 16.0 Å². The molecule has 4 aromatic rings. The van der Waals surface area contributed by atoms with Crippen LogP contribution in [-0.4, -0.2) is 20.5 Å². The highest BCUT2D eigenvalue weighted by atomic mass is 32.1. The molecule has 7 heteroatoms. The maximum Gasteiger partial charge on any atom is 0.226 e. The van der Waals surface area contributed by atoms with E-state index >= 15 is 0 Å². The number of Topliss-reactive ketones (excluding diaryl/α,β-unsaturated/α-hetero) is 1. The highest BCUT2D eigenvalue weighted by molar-refractivity contribution is 7.10. The maximum absolute atomic E-state index is 13.5. The number of nitrogens with one attached hydrogen (secondary N) is 1. The highest BCUT2D eigenvalue weighted by Gasteiger charge is 2.39. The fourth-order valence-electron chi connectivity index (χ4n) is 4.70. The molecule has 6 nitrogen and oxygen atoms in total. The summed E-state index contributed by atoms with van der Waals surface area (Å²) in [5.41, 5.74) is 3.80. The number of ether oxygens (including phenoxy) is 1. The van der Waals surface area contributed by atoms with Crippen molar-refractivity contribution in [3.63, 3.8) is 0 Å². The average molecular weight is 455 g/mol. The van der Waals surface area contributed by atoms with Gasteiger partial charge in [0.25, 0.3) is 0 Å². The van der Waals surface area contributed by atoms with Gasteiger partial charge in [-0.2, -0.15) is 10.1 Å². The lowest BCUT2D eigenvalue weighted by atomic mass is 9.80. The van der Waals surface area contributed by atoms with Crippen molar-refractivity contribution in [3.8, 4) is 5.75 Å². The molecule has 0 bridgehead atoms. The van der Waals surface area contributed by atoms with E-state index in [2.05, 4.69) is 26.8 Å². The molecule has 2 aromatic heterocycles. The zero-order valence-electron chi connectivity index (χ0n) is 17.8. The molecule has 0 radical (unpaired) electrons. The molecule has 1 N–H and O–H groups in total. The summed E-state index contributed by atoms with van der Waals surface area (Å²) in [5.74, 6) is 1.77. The van der Waals surface area contributed by atoms with Crippen LogP contribution in [0.5, 0.6) is 5.75 Å². The van der Waals surface area contributed by atoms with Gasteiger partial charge in [0.2, 0.25) is 5.95 Å². The van der Waals surface area contributed by atoms with Crippen molar-refractivity contribution in [2.45, 2.75) is 31.4 Å². The number of carbonyl (C=O) groups excluding carboxylic acids is 1. The fraction of sp³-hybridized carbons (Fsp3) is 0.192. The minimum absolute atomic E-state index is 0.156. The molecular formula is C26H22N4O2S. The number of allylic oxidation sites excluding steroid dienone is 2. The molecule has 0 saturated heterocycles. The Morgan fingerprint density at radius 1 is 1.06 bits per heavy atom. The molecular weight excluding hydrogens is 432 g/mol. The van der Waals surface area contributed by atoms with E-state index in [1.807, 2.05) is 60.7 Å². The lowest BCUT2D eigenvalue weighted by molar-refractivity contribution is -0.116. The zero-order valence-corrected chi connectivity index (χ0v) is 18.7. The van der Waals surface area contributed by atoms with E-state index in [-0.39, 0.29) is 17.7 Å². The third kappa shape index (κ3) is 3.74. The number of aromatic nitrogens is 3. The summed E-state index contributed by atoms with van der Waals surface area (Å²) in [6.07, 6.45) is 2.83. The van der Waals surface area contributed by atoms with Crippen molar-refractivity contribution in [1.82, 2.24) is 14.8 Å². The van der Waals surface area contributed by atoms with Gasteiger partial charge in [-0.25, -0.2) is 4.68 Å². The Morgan fingerprint density at radius 2 is 1.97 bits per heavy atom. The Kier molecular flexibility index (Phi) is 5.03. The van der Waals surface area contributed by atoms with Gasteiger partial charge < -0.3 is 10.1 Å². The Balaban J connectivity index is 1.35. The first-order valence-electron chi connectivity index (χ1n) is 11.0. The van der Waals surface area contributed by atoms with Gasteiger partial charge in [-0.3, -0.25) is 4.79 Å². The largest absolute Gasteiger partial charge is 0.489 e. The predicted octanol–water partition coefficient (Wildman–Crippen LogP) is 5.33. The minimum Gasteiger partial charge on any atom is -0.489 e. The van der Waals surface area contributed by atoms with Gasteiger partial charge in [0.15, 0.2) is 5.78 Å². The van der Waals surface area contributed by atoms with Crippen LogP contribution in [0.3, 0.4) is 0 Å². The van der Waals surface area contributed by atoms with Gasteiger partial charge in [-0.1, -0.05) is 48.5 Å². The van der Waals surface area contributed by atoms with E-state index in [9.17, 15) is 4.79 Å². The highest BCUT2D eigenvalue weighted by Crippen LogP contribution is 2.44.